The van der Waals surface area contributed by atoms with Crippen LogP contribution in [0, 0.1) is 0 Å². The van der Waals surface area contributed by atoms with Crippen molar-refractivity contribution in [2.45, 2.75) is 6.54 Å². The van der Waals surface area contributed by atoms with E-state index in [-0.39, 0.29) is 5.91 Å². The number of piperazine rings is 1. The molecule has 0 unspecified atom stereocenters. The summed E-state index contributed by atoms with van der Waals surface area (Å²) in [6.45, 7) is 7.78. The van der Waals surface area contributed by atoms with Gasteiger partial charge >= 0.3 is 0 Å². The Labute approximate surface area is 162 Å². The zero-order chi connectivity index (χ0) is 18.5. The summed E-state index contributed by atoms with van der Waals surface area (Å²) in [5.41, 5.74) is 1.04. The Kier molecular flexibility index (Phi) is 6.03. The van der Waals surface area contributed by atoms with Crippen LogP contribution in [-0.4, -0.2) is 94.6 Å². The molecule has 4 rings (SSSR count). The highest BCUT2D eigenvalue weighted by atomic mass is 32.1. The second-order valence-electron chi connectivity index (χ2n) is 6.76. The second-order valence-corrected chi connectivity index (χ2v) is 7.62. The maximum absolute atomic E-state index is 12.5. The van der Waals surface area contributed by atoms with E-state index in [0.29, 0.717) is 12.4 Å². The summed E-state index contributed by atoms with van der Waals surface area (Å²) in [6, 6.07) is 1.80. The Balaban J connectivity index is 1.25. The minimum atomic E-state index is 0.230. The van der Waals surface area contributed by atoms with Crippen molar-refractivity contribution in [3.63, 3.8) is 0 Å². The number of thiazole rings is 1. The van der Waals surface area contributed by atoms with E-state index < -0.39 is 0 Å². The average molecular weight is 388 g/mol. The highest BCUT2D eigenvalue weighted by Gasteiger charge is 2.24. The third-order valence-corrected chi connectivity index (χ3v) is 5.77. The van der Waals surface area contributed by atoms with Crippen molar-refractivity contribution in [2.24, 2.45) is 0 Å². The molecule has 144 valence electrons. The van der Waals surface area contributed by atoms with Gasteiger partial charge in [-0.1, -0.05) is 0 Å². The molecule has 0 aromatic carbocycles. The number of hydrogen-bond donors (Lipinski definition) is 0. The van der Waals surface area contributed by atoms with E-state index in [2.05, 4.69) is 30.1 Å². The number of carbonyl (C=O) groups excluding carboxylic acids is 1. The van der Waals surface area contributed by atoms with Gasteiger partial charge in [0.2, 0.25) is 5.91 Å². The van der Waals surface area contributed by atoms with Gasteiger partial charge in [0, 0.05) is 63.6 Å². The molecule has 2 aliphatic rings. The van der Waals surface area contributed by atoms with Gasteiger partial charge in [0.1, 0.15) is 0 Å². The van der Waals surface area contributed by atoms with Gasteiger partial charge in [-0.05, 0) is 6.07 Å². The van der Waals surface area contributed by atoms with E-state index in [9.17, 15) is 4.79 Å². The van der Waals surface area contributed by atoms with Gasteiger partial charge in [-0.25, -0.2) is 15.0 Å². The maximum atomic E-state index is 12.5. The van der Waals surface area contributed by atoms with Crippen molar-refractivity contribution in [1.29, 1.82) is 0 Å². The van der Waals surface area contributed by atoms with Crippen LogP contribution in [-0.2, 0) is 16.1 Å². The fourth-order valence-corrected chi connectivity index (χ4v) is 4.08. The number of rotatable bonds is 5. The van der Waals surface area contributed by atoms with E-state index in [1.165, 1.54) is 0 Å². The predicted octanol–water partition coefficient (Wildman–Crippen LogP) is 0.577. The number of nitrogens with zero attached hydrogens (tertiary/aromatic N) is 6. The molecule has 0 bridgehead atoms. The van der Waals surface area contributed by atoms with Gasteiger partial charge in [-0.2, -0.15) is 0 Å². The molecule has 0 saturated carbocycles. The molecular weight excluding hydrogens is 364 g/mol. The number of hydrogen-bond acceptors (Lipinski definition) is 8. The van der Waals surface area contributed by atoms with Crippen LogP contribution in [0.2, 0.25) is 0 Å². The van der Waals surface area contributed by atoms with Crippen molar-refractivity contribution in [1.82, 2.24) is 29.7 Å². The molecule has 2 aromatic rings. The molecule has 0 radical (unpaired) electrons. The smallest absolute Gasteiger partial charge is 0.236 e. The Bertz CT molecular complexity index is 741. The van der Waals surface area contributed by atoms with Crippen LogP contribution < -0.4 is 0 Å². The van der Waals surface area contributed by atoms with Gasteiger partial charge in [0.25, 0.3) is 0 Å². The van der Waals surface area contributed by atoms with Crippen molar-refractivity contribution < 1.29 is 9.53 Å². The van der Waals surface area contributed by atoms with Crippen LogP contribution in [0.25, 0.3) is 10.8 Å². The summed E-state index contributed by atoms with van der Waals surface area (Å²) in [7, 11) is 0. The lowest BCUT2D eigenvalue weighted by Crippen LogP contribution is -2.52. The first kappa shape index (κ1) is 18.4. The summed E-state index contributed by atoms with van der Waals surface area (Å²) in [4.78, 5) is 32.2. The van der Waals surface area contributed by atoms with Crippen LogP contribution in [0.4, 0.5) is 0 Å². The van der Waals surface area contributed by atoms with Gasteiger partial charge in [-0.15, -0.1) is 11.3 Å². The molecule has 0 spiro atoms. The van der Waals surface area contributed by atoms with Crippen molar-refractivity contribution in [3.05, 3.63) is 29.5 Å². The monoisotopic (exact) mass is 388 g/mol. The number of ether oxygens (including phenoxy) is 1. The van der Waals surface area contributed by atoms with Gasteiger partial charge in [0.15, 0.2) is 10.8 Å². The molecule has 1 amide bonds. The molecule has 2 saturated heterocycles. The summed E-state index contributed by atoms with van der Waals surface area (Å²) < 4.78 is 5.34. The standard InChI is InChI=1S/C18H24N6O2S/c25-16(13-23-8-10-26-11-9-23)24-6-4-22(5-7-24)12-15-14-27-18(21-15)17-19-2-1-3-20-17/h1-3,14H,4-13H2. The normalized spacial score (nSPS) is 19.3. The fraction of sp³-hybridized carbons (Fsp3) is 0.556. The lowest BCUT2D eigenvalue weighted by molar-refractivity contribution is -0.135. The molecule has 2 aliphatic heterocycles. The SMILES string of the molecule is O=C(CN1CCOCC1)N1CCN(Cc2csc(-c3ncccn3)n2)CC1. The van der Waals surface area contributed by atoms with Crippen molar-refractivity contribution in [2.75, 3.05) is 59.0 Å². The number of aromatic nitrogens is 3. The molecule has 8 nitrogen and oxygen atoms in total. The summed E-state index contributed by atoms with van der Waals surface area (Å²) in [6.07, 6.45) is 3.47. The second kappa shape index (κ2) is 8.83. The van der Waals surface area contributed by atoms with Crippen molar-refractivity contribution >= 4 is 17.2 Å². The molecule has 4 heterocycles. The fourth-order valence-electron chi connectivity index (χ4n) is 3.33. The lowest BCUT2D eigenvalue weighted by Gasteiger charge is -2.36. The molecule has 0 aliphatic carbocycles. The number of morpholine rings is 1. The molecule has 2 fully saturated rings. The topological polar surface area (TPSA) is 74.7 Å². The van der Waals surface area contributed by atoms with Crippen LogP contribution in [0.1, 0.15) is 5.69 Å². The Morgan fingerprint density at radius 1 is 1.04 bits per heavy atom. The van der Waals surface area contributed by atoms with E-state index in [1.807, 2.05) is 4.90 Å². The van der Waals surface area contributed by atoms with E-state index in [4.69, 9.17) is 4.74 Å². The van der Waals surface area contributed by atoms with Crippen LogP contribution in [0.3, 0.4) is 0 Å². The maximum Gasteiger partial charge on any atom is 0.236 e. The zero-order valence-corrected chi connectivity index (χ0v) is 16.1. The van der Waals surface area contributed by atoms with Crippen LogP contribution in [0.15, 0.2) is 23.8 Å². The lowest BCUT2D eigenvalue weighted by atomic mass is 10.2. The Morgan fingerprint density at radius 3 is 2.52 bits per heavy atom. The van der Waals surface area contributed by atoms with Gasteiger partial charge in [0.05, 0.1) is 25.5 Å². The summed E-state index contributed by atoms with van der Waals surface area (Å²) in [5, 5.41) is 2.92. The molecule has 0 atom stereocenters. The van der Waals surface area contributed by atoms with E-state index in [1.54, 1.807) is 29.8 Å². The third-order valence-electron chi connectivity index (χ3n) is 4.88. The molecule has 0 N–H and O–H groups in total. The van der Waals surface area contributed by atoms with E-state index in [0.717, 1.165) is 69.7 Å². The Morgan fingerprint density at radius 2 is 1.78 bits per heavy atom. The zero-order valence-electron chi connectivity index (χ0n) is 15.3. The summed E-state index contributed by atoms with van der Waals surface area (Å²) in [5.74, 6) is 0.904. The van der Waals surface area contributed by atoms with Crippen LogP contribution in [0.5, 0.6) is 0 Å². The Hall–Kier alpha value is -1.94. The summed E-state index contributed by atoms with van der Waals surface area (Å²) >= 11 is 1.57. The molecule has 27 heavy (non-hydrogen) atoms. The highest BCUT2D eigenvalue weighted by molar-refractivity contribution is 7.13. The first-order valence-electron chi connectivity index (χ1n) is 9.30. The predicted molar refractivity (Wildman–Crippen MR) is 102 cm³/mol. The highest BCUT2D eigenvalue weighted by Crippen LogP contribution is 2.20. The van der Waals surface area contributed by atoms with E-state index >= 15 is 0 Å². The third kappa shape index (κ3) is 4.86. The quantitative estimate of drug-likeness (QED) is 0.742. The first-order chi connectivity index (χ1) is 13.3. The minimum Gasteiger partial charge on any atom is -0.379 e. The number of carbonyl (C=O) groups is 1. The molecule has 2 aromatic heterocycles. The first-order valence-corrected chi connectivity index (χ1v) is 10.2. The molecular formula is C18H24N6O2S. The number of amides is 1. The van der Waals surface area contributed by atoms with Gasteiger partial charge < -0.3 is 9.64 Å². The van der Waals surface area contributed by atoms with Crippen LogP contribution >= 0.6 is 11.3 Å². The largest absolute Gasteiger partial charge is 0.379 e. The van der Waals surface area contributed by atoms with Crippen molar-refractivity contribution in [3.8, 4) is 10.8 Å². The van der Waals surface area contributed by atoms with Gasteiger partial charge in [-0.3, -0.25) is 14.6 Å². The molecule has 9 heteroatoms. The average Bonchev–Trinajstić information content (AvgIpc) is 3.18. The minimum absolute atomic E-state index is 0.230.